The van der Waals surface area contributed by atoms with Gasteiger partial charge in [0.15, 0.2) is 0 Å². The van der Waals surface area contributed by atoms with Crippen LogP contribution >= 0.6 is 11.8 Å². The van der Waals surface area contributed by atoms with Gasteiger partial charge in [0.2, 0.25) is 5.91 Å². The summed E-state index contributed by atoms with van der Waals surface area (Å²) in [5.74, 6) is 2.64. The molecule has 0 aromatic heterocycles. The van der Waals surface area contributed by atoms with Crippen molar-refractivity contribution in [2.75, 3.05) is 18.1 Å². The number of hydrogen-bond donors (Lipinski definition) is 2. The summed E-state index contributed by atoms with van der Waals surface area (Å²) in [5, 5.41) is 3.17. The van der Waals surface area contributed by atoms with Crippen molar-refractivity contribution in [3.8, 4) is 0 Å². The molecule has 1 amide bonds. The molecule has 90 valence electrons. The van der Waals surface area contributed by atoms with E-state index in [1.807, 2.05) is 11.8 Å². The Hall–Kier alpha value is -0.220. The third kappa shape index (κ3) is 8.75. The average molecular weight is 232 g/mol. The minimum Gasteiger partial charge on any atom is -0.368 e. The fraction of sp³-hybridized carbons (Fsp3) is 0.909. The molecule has 0 aromatic carbocycles. The Morgan fingerprint density at radius 3 is 2.60 bits per heavy atom. The van der Waals surface area contributed by atoms with Crippen LogP contribution in [0, 0.1) is 5.92 Å². The summed E-state index contributed by atoms with van der Waals surface area (Å²) in [4.78, 5) is 11.1. The lowest BCUT2D eigenvalue weighted by molar-refractivity contribution is -0.120. The summed E-state index contributed by atoms with van der Waals surface area (Å²) in [6, 6.07) is -0.149. The lowest BCUT2D eigenvalue weighted by atomic mass is 10.2. The minimum atomic E-state index is -0.228. The van der Waals surface area contributed by atoms with Crippen molar-refractivity contribution in [3.63, 3.8) is 0 Å². The number of nitrogens with one attached hydrogen (secondary N) is 1. The van der Waals surface area contributed by atoms with Crippen LogP contribution in [0.25, 0.3) is 0 Å². The van der Waals surface area contributed by atoms with Crippen molar-refractivity contribution in [2.45, 2.75) is 39.7 Å². The molecule has 1 atom stereocenters. The fourth-order valence-electron chi connectivity index (χ4n) is 1.18. The number of nitrogens with two attached hydrogens (primary N) is 1. The number of carbonyl (C=O) groups excluding carboxylic acids is 1. The zero-order chi connectivity index (χ0) is 11.7. The van der Waals surface area contributed by atoms with Gasteiger partial charge in [-0.2, -0.15) is 11.8 Å². The van der Waals surface area contributed by atoms with Crippen molar-refractivity contribution in [2.24, 2.45) is 11.7 Å². The molecular formula is C11H24N2OS. The first-order valence-corrected chi connectivity index (χ1v) is 6.83. The first kappa shape index (κ1) is 14.8. The molecule has 0 spiro atoms. The molecule has 0 aliphatic heterocycles. The van der Waals surface area contributed by atoms with E-state index in [0.29, 0.717) is 5.92 Å². The maximum atomic E-state index is 11.1. The fourth-order valence-corrected chi connectivity index (χ4v) is 2.22. The van der Waals surface area contributed by atoms with Crippen LogP contribution in [0.5, 0.6) is 0 Å². The third-order valence-corrected chi connectivity index (χ3v) is 3.41. The molecule has 0 rings (SSSR count). The maximum Gasteiger partial charge on any atom is 0.234 e. The van der Waals surface area contributed by atoms with Crippen molar-refractivity contribution in [1.29, 1.82) is 0 Å². The van der Waals surface area contributed by atoms with Crippen LogP contribution in [0.15, 0.2) is 0 Å². The van der Waals surface area contributed by atoms with Crippen LogP contribution in [0.3, 0.4) is 0 Å². The Balaban J connectivity index is 3.62. The van der Waals surface area contributed by atoms with E-state index >= 15 is 0 Å². The molecule has 0 bridgehead atoms. The van der Waals surface area contributed by atoms with Gasteiger partial charge in [0.25, 0.3) is 0 Å². The standard InChI is InChI=1S/C11H24N2OS/c1-4-6-13-10(11(12)14)5-7-15-8-9(2)3/h9-10,13H,4-8H2,1-3H3,(H2,12,14). The summed E-state index contributed by atoms with van der Waals surface area (Å²) in [7, 11) is 0. The molecule has 0 heterocycles. The van der Waals surface area contributed by atoms with Gasteiger partial charge < -0.3 is 11.1 Å². The quantitative estimate of drug-likeness (QED) is 0.594. The van der Waals surface area contributed by atoms with E-state index in [1.54, 1.807) is 0 Å². The highest BCUT2D eigenvalue weighted by atomic mass is 32.2. The number of amides is 1. The van der Waals surface area contributed by atoms with Gasteiger partial charge in [-0.25, -0.2) is 0 Å². The van der Waals surface area contributed by atoms with Crippen molar-refractivity contribution >= 4 is 17.7 Å². The van der Waals surface area contributed by atoms with Gasteiger partial charge in [0.05, 0.1) is 6.04 Å². The molecule has 15 heavy (non-hydrogen) atoms. The van der Waals surface area contributed by atoms with E-state index < -0.39 is 0 Å². The highest BCUT2D eigenvalue weighted by Crippen LogP contribution is 2.09. The smallest absolute Gasteiger partial charge is 0.234 e. The summed E-state index contributed by atoms with van der Waals surface area (Å²) >= 11 is 1.89. The van der Waals surface area contributed by atoms with Crippen molar-refractivity contribution < 1.29 is 4.79 Å². The van der Waals surface area contributed by atoms with Crippen molar-refractivity contribution in [1.82, 2.24) is 5.32 Å². The molecule has 1 unspecified atom stereocenters. The molecule has 3 N–H and O–H groups in total. The Labute approximate surface area is 97.6 Å². The van der Waals surface area contributed by atoms with Crippen LogP contribution < -0.4 is 11.1 Å². The van der Waals surface area contributed by atoms with Gasteiger partial charge >= 0.3 is 0 Å². The molecule has 0 fully saturated rings. The first-order valence-electron chi connectivity index (χ1n) is 5.68. The SMILES string of the molecule is CCCNC(CCSCC(C)C)C(N)=O. The van der Waals surface area contributed by atoms with Gasteiger partial charge in [0, 0.05) is 0 Å². The second kappa shape index (κ2) is 9.04. The molecule has 0 saturated heterocycles. The molecule has 0 aliphatic rings. The number of hydrogen-bond acceptors (Lipinski definition) is 3. The minimum absolute atomic E-state index is 0.149. The number of carbonyl (C=O) groups is 1. The molecule has 0 aromatic rings. The molecule has 0 aliphatic carbocycles. The third-order valence-electron chi connectivity index (χ3n) is 1.99. The molecule has 3 nitrogen and oxygen atoms in total. The van der Waals surface area contributed by atoms with Gasteiger partial charge in [-0.3, -0.25) is 4.79 Å². The summed E-state index contributed by atoms with van der Waals surface area (Å²) in [6.07, 6.45) is 1.87. The van der Waals surface area contributed by atoms with Gasteiger partial charge in [-0.15, -0.1) is 0 Å². The largest absolute Gasteiger partial charge is 0.368 e. The second-order valence-electron chi connectivity index (χ2n) is 4.17. The number of thioether (sulfide) groups is 1. The summed E-state index contributed by atoms with van der Waals surface area (Å²) < 4.78 is 0. The molecule has 0 radical (unpaired) electrons. The molecule has 0 saturated carbocycles. The zero-order valence-corrected chi connectivity index (χ0v) is 10.9. The Kier molecular flexibility index (Phi) is 8.91. The Bertz CT molecular complexity index is 174. The Morgan fingerprint density at radius 2 is 2.13 bits per heavy atom. The number of rotatable bonds is 9. The molecule has 4 heteroatoms. The van der Waals surface area contributed by atoms with E-state index in [4.69, 9.17) is 5.73 Å². The predicted molar refractivity (Wildman–Crippen MR) is 68.1 cm³/mol. The van der Waals surface area contributed by atoms with E-state index in [-0.39, 0.29) is 11.9 Å². The van der Waals surface area contributed by atoms with E-state index in [2.05, 4.69) is 26.1 Å². The highest BCUT2D eigenvalue weighted by molar-refractivity contribution is 7.99. The Morgan fingerprint density at radius 1 is 1.47 bits per heavy atom. The summed E-state index contributed by atoms with van der Waals surface area (Å²) in [6.45, 7) is 7.35. The van der Waals surface area contributed by atoms with Gasteiger partial charge in [-0.1, -0.05) is 20.8 Å². The summed E-state index contributed by atoms with van der Waals surface area (Å²) in [5.41, 5.74) is 5.31. The monoisotopic (exact) mass is 232 g/mol. The zero-order valence-electron chi connectivity index (χ0n) is 10.1. The van der Waals surface area contributed by atoms with Crippen molar-refractivity contribution in [3.05, 3.63) is 0 Å². The van der Waals surface area contributed by atoms with Crippen LogP contribution in [-0.2, 0) is 4.79 Å². The second-order valence-corrected chi connectivity index (χ2v) is 5.32. The van der Waals surface area contributed by atoms with Crippen LogP contribution in [0.4, 0.5) is 0 Å². The average Bonchev–Trinajstić information content (AvgIpc) is 2.15. The van der Waals surface area contributed by atoms with Crippen LogP contribution in [-0.4, -0.2) is 30.0 Å². The van der Waals surface area contributed by atoms with E-state index in [9.17, 15) is 4.79 Å². The van der Waals surface area contributed by atoms with E-state index in [1.165, 1.54) is 0 Å². The number of primary amides is 1. The molecular weight excluding hydrogens is 208 g/mol. The van der Waals surface area contributed by atoms with Crippen LogP contribution in [0.2, 0.25) is 0 Å². The first-order chi connectivity index (χ1) is 7.07. The lowest BCUT2D eigenvalue weighted by Crippen LogP contribution is -2.42. The van der Waals surface area contributed by atoms with Crippen LogP contribution in [0.1, 0.15) is 33.6 Å². The predicted octanol–water partition coefficient (Wildman–Crippen LogP) is 1.62. The topological polar surface area (TPSA) is 55.1 Å². The highest BCUT2D eigenvalue weighted by Gasteiger charge is 2.13. The van der Waals surface area contributed by atoms with Gasteiger partial charge in [0.1, 0.15) is 0 Å². The normalized spacial score (nSPS) is 13.1. The van der Waals surface area contributed by atoms with Gasteiger partial charge in [-0.05, 0) is 36.8 Å². The lowest BCUT2D eigenvalue weighted by Gasteiger charge is -2.14. The van der Waals surface area contributed by atoms with E-state index in [0.717, 1.165) is 30.9 Å². The maximum absolute atomic E-state index is 11.1.